The molecule has 0 aromatic rings. The van der Waals surface area contributed by atoms with Crippen molar-refractivity contribution in [2.75, 3.05) is 0 Å². The van der Waals surface area contributed by atoms with Gasteiger partial charge in [0, 0.05) is 18.9 Å². The number of rotatable bonds is 2. The van der Waals surface area contributed by atoms with Crippen molar-refractivity contribution >= 4 is 5.91 Å². The van der Waals surface area contributed by atoms with Crippen LogP contribution in [-0.4, -0.2) is 28.2 Å². The minimum Gasteiger partial charge on any atom is -0.374 e. The van der Waals surface area contributed by atoms with Gasteiger partial charge in [-0.15, -0.1) is 0 Å². The van der Waals surface area contributed by atoms with Gasteiger partial charge in [0.05, 0.1) is 0 Å². The molecule has 1 amide bonds. The molecule has 1 aliphatic rings. The Bertz CT molecular complexity index is 158. The van der Waals surface area contributed by atoms with Crippen molar-refractivity contribution in [1.29, 1.82) is 0 Å². The minimum absolute atomic E-state index is 0.0897. The van der Waals surface area contributed by atoms with Gasteiger partial charge in [-0.3, -0.25) is 4.79 Å². The van der Waals surface area contributed by atoms with E-state index in [-0.39, 0.29) is 11.9 Å². The van der Waals surface area contributed by atoms with Crippen molar-refractivity contribution < 1.29 is 9.90 Å². The summed E-state index contributed by atoms with van der Waals surface area (Å²) < 4.78 is 0. The van der Waals surface area contributed by atoms with Gasteiger partial charge in [-0.1, -0.05) is 6.92 Å². The van der Waals surface area contributed by atoms with Crippen molar-refractivity contribution in [2.24, 2.45) is 0 Å². The summed E-state index contributed by atoms with van der Waals surface area (Å²) in [6, 6.07) is 0.181. The first kappa shape index (κ1) is 8.53. The highest BCUT2D eigenvalue weighted by Gasteiger charge is 2.31. The third-order valence-corrected chi connectivity index (χ3v) is 2.29. The standard InChI is InChI=1S/C8H15NO2/c1-3-6(2)9-7(10)4-5-8(9)11/h6-7,10H,3-5H2,1-2H3/t6-,7-/m1/s1. The second-order valence-electron chi connectivity index (χ2n) is 3.08. The van der Waals surface area contributed by atoms with Crippen LogP contribution in [0.4, 0.5) is 0 Å². The number of carbonyl (C=O) groups is 1. The highest BCUT2D eigenvalue weighted by Crippen LogP contribution is 2.20. The number of hydrogen-bond donors (Lipinski definition) is 1. The van der Waals surface area contributed by atoms with Crippen LogP contribution >= 0.6 is 0 Å². The zero-order chi connectivity index (χ0) is 8.43. The molecule has 1 fully saturated rings. The average molecular weight is 157 g/mol. The first-order chi connectivity index (χ1) is 5.16. The zero-order valence-corrected chi connectivity index (χ0v) is 7.08. The molecule has 0 unspecified atom stereocenters. The van der Waals surface area contributed by atoms with Gasteiger partial charge in [0.2, 0.25) is 5.91 Å². The van der Waals surface area contributed by atoms with Gasteiger partial charge in [0.25, 0.3) is 0 Å². The van der Waals surface area contributed by atoms with E-state index in [2.05, 4.69) is 0 Å². The first-order valence-electron chi connectivity index (χ1n) is 4.16. The minimum atomic E-state index is -0.530. The number of nitrogens with zero attached hydrogens (tertiary/aromatic N) is 1. The van der Waals surface area contributed by atoms with Gasteiger partial charge in [-0.05, 0) is 13.3 Å². The maximum atomic E-state index is 11.2. The molecule has 1 aliphatic heterocycles. The lowest BCUT2D eigenvalue weighted by molar-refractivity contribution is -0.136. The smallest absolute Gasteiger partial charge is 0.225 e. The van der Waals surface area contributed by atoms with E-state index in [9.17, 15) is 9.90 Å². The fraction of sp³-hybridized carbons (Fsp3) is 0.875. The SMILES string of the molecule is CC[C@@H](C)N1C(=O)CC[C@H]1O. The number of amides is 1. The third kappa shape index (κ3) is 1.53. The Hall–Kier alpha value is -0.570. The molecular weight excluding hydrogens is 142 g/mol. The molecule has 1 N–H and O–H groups in total. The van der Waals surface area contributed by atoms with Crippen LogP contribution in [-0.2, 0) is 4.79 Å². The Morgan fingerprint density at radius 2 is 2.45 bits per heavy atom. The molecule has 3 heteroatoms. The van der Waals surface area contributed by atoms with Crippen LogP contribution in [0.1, 0.15) is 33.1 Å². The molecule has 0 radical (unpaired) electrons. The topological polar surface area (TPSA) is 40.5 Å². The van der Waals surface area contributed by atoms with Gasteiger partial charge in [-0.25, -0.2) is 0 Å². The van der Waals surface area contributed by atoms with E-state index in [0.717, 1.165) is 6.42 Å². The lowest BCUT2D eigenvalue weighted by Crippen LogP contribution is -2.39. The highest BCUT2D eigenvalue weighted by molar-refractivity contribution is 5.78. The Morgan fingerprint density at radius 3 is 2.82 bits per heavy atom. The highest BCUT2D eigenvalue weighted by atomic mass is 16.3. The number of hydrogen-bond acceptors (Lipinski definition) is 2. The molecule has 2 atom stereocenters. The van der Waals surface area contributed by atoms with Crippen molar-refractivity contribution in [2.45, 2.75) is 45.4 Å². The largest absolute Gasteiger partial charge is 0.374 e. The van der Waals surface area contributed by atoms with E-state index < -0.39 is 6.23 Å². The Labute approximate surface area is 67.0 Å². The summed E-state index contributed by atoms with van der Waals surface area (Å²) in [4.78, 5) is 12.7. The molecule has 1 saturated heterocycles. The van der Waals surface area contributed by atoms with Crippen LogP contribution in [0.5, 0.6) is 0 Å². The summed E-state index contributed by atoms with van der Waals surface area (Å²) in [7, 11) is 0. The molecule has 0 aliphatic carbocycles. The van der Waals surface area contributed by atoms with E-state index in [0.29, 0.717) is 12.8 Å². The number of likely N-dealkylation sites (tertiary alicyclic amines) is 1. The van der Waals surface area contributed by atoms with E-state index in [1.807, 2.05) is 13.8 Å². The average Bonchev–Trinajstić information content (AvgIpc) is 2.30. The molecule has 11 heavy (non-hydrogen) atoms. The van der Waals surface area contributed by atoms with E-state index >= 15 is 0 Å². The van der Waals surface area contributed by atoms with Crippen LogP contribution in [0.3, 0.4) is 0 Å². The summed E-state index contributed by atoms with van der Waals surface area (Å²) in [5.74, 6) is 0.0897. The first-order valence-corrected chi connectivity index (χ1v) is 4.16. The Morgan fingerprint density at radius 1 is 1.82 bits per heavy atom. The Kier molecular flexibility index (Phi) is 2.49. The number of carbonyl (C=O) groups excluding carboxylic acids is 1. The van der Waals surface area contributed by atoms with Crippen LogP contribution in [0.15, 0.2) is 0 Å². The number of aliphatic hydroxyl groups excluding tert-OH is 1. The zero-order valence-electron chi connectivity index (χ0n) is 7.08. The van der Waals surface area contributed by atoms with E-state index in [1.54, 1.807) is 4.90 Å². The van der Waals surface area contributed by atoms with E-state index in [1.165, 1.54) is 0 Å². The monoisotopic (exact) mass is 157 g/mol. The van der Waals surface area contributed by atoms with Crippen molar-refractivity contribution in [3.63, 3.8) is 0 Å². The number of aliphatic hydroxyl groups is 1. The van der Waals surface area contributed by atoms with Gasteiger partial charge in [-0.2, -0.15) is 0 Å². The second-order valence-corrected chi connectivity index (χ2v) is 3.08. The second kappa shape index (κ2) is 3.22. The van der Waals surface area contributed by atoms with Gasteiger partial charge in [0.1, 0.15) is 6.23 Å². The van der Waals surface area contributed by atoms with Crippen LogP contribution in [0.25, 0.3) is 0 Å². The van der Waals surface area contributed by atoms with Gasteiger partial charge in [0.15, 0.2) is 0 Å². The quantitative estimate of drug-likeness (QED) is 0.641. The summed E-state index contributed by atoms with van der Waals surface area (Å²) >= 11 is 0. The lowest BCUT2D eigenvalue weighted by atomic mass is 10.2. The summed E-state index contributed by atoms with van der Waals surface area (Å²) in [5.41, 5.74) is 0. The molecule has 64 valence electrons. The maximum absolute atomic E-state index is 11.2. The van der Waals surface area contributed by atoms with Crippen LogP contribution in [0, 0.1) is 0 Å². The van der Waals surface area contributed by atoms with Crippen LogP contribution < -0.4 is 0 Å². The normalized spacial score (nSPS) is 27.7. The lowest BCUT2D eigenvalue weighted by Gasteiger charge is -2.26. The molecule has 1 rings (SSSR count). The molecule has 1 heterocycles. The molecule has 0 spiro atoms. The van der Waals surface area contributed by atoms with Gasteiger partial charge >= 0.3 is 0 Å². The predicted octanol–water partition coefficient (Wildman–Crippen LogP) is 0.726. The fourth-order valence-electron chi connectivity index (χ4n) is 1.42. The molecule has 3 nitrogen and oxygen atoms in total. The molecule has 0 aromatic heterocycles. The fourth-order valence-corrected chi connectivity index (χ4v) is 1.42. The van der Waals surface area contributed by atoms with Crippen molar-refractivity contribution in [1.82, 2.24) is 4.90 Å². The Balaban J connectivity index is 2.60. The maximum Gasteiger partial charge on any atom is 0.225 e. The summed E-state index contributed by atoms with van der Waals surface area (Å²) in [6.07, 6.45) is 1.48. The third-order valence-electron chi connectivity index (χ3n) is 2.29. The molecular formula is C8H15NO2. The molecule has 0 saturated carbocycles. The summed E-state index contributed by atoms with van der Waals surface area (Å²) in [6.45, 7) is 3.98. The predicted molar refractivity (Wildman–Crippen MR) is 41.8 cm³/mol. The van der Waals surface area contributed by atoms with Crippen molar-refractivity contribution in [3.05, 3.63) is 0 Å². The molecule has 0 aromatic carbocycles. The van der Waals surface area contributed by atoms with E-state index in [4.69, 9.17) is 0 Å². The molecule has 0 bridgehead atoms. The van der Waals surface area contributed by atoms with Crippen LogP contribution in [0.2, 0.25) is 0 Å². The van der Waals surface area contributed by atoms with Gasteiger partial charge < -0.3 is 10.0 Å². The van der Waals surface area contributed by atoms with Crippen molar-refractivity contribution in [3.8, 4) is 0 Å². The summed E-state index contributed by atoms with van der Waals surface area (Å²) in [5, 5.41) is 9.37.